The average Bonchev–Trinajstić information content (AvgIpc) is 2.63. The average molecular weight is 264 g/mol. The molecule has 0 aliphatic carbocycles. The summed E-state index contributed by atoms with van der Waals surface area (Å²) in [6.45, 7) is 6.01. The summed E-state index contributed by atoms with van der Waals surface area (Å²) in [6.07, 6.45) is 4.59. The van der Waals surface area contributed by atoms with Gasteiger partial charge in [-0.2, -0.15) is 4.39 Å². The van der Waals surface area contributed by atoms with Crippen LogP contribution in [-0.4, -0.2) is 28.9 Å². The van der Waals surface area contributed by atoms with Crippen LogP contribution < -0.4 is 0 Å². The van der Waals surface area contributed by atoms with Gasteiger partial charge in [-0.25, -0.2) is 4.98 Å². The first-order valence-corrected chi connectivity index (χ1v) is 6.98. The molecular weight excluding hydrogens is 243 g/mol. The Balaban J connectivity index is 2.04. The summed E-state index contributed by atoms with van der Waals surface area (Å²) in [7, 11) is 0. The van der Waals surface area contributed by atoms with Crippen molar-refractivity contribution in [2.45, 2.75) is 33.1 Å². The molecule has 1 unspecified atom stereocenters. The quantitative estimate of drug-likeness (QED) is 0.769. The van der Waals surface area contributed by atoms with Gasteiger partial charge in [0, 0.05) is 30.9 Å². The second kappa shape index (κ2) is 6.13. The monoisotopic (exact) mass is 264 g/mol. The zero-order chi connectivity index (χ0) is 13.8. The summed E-state index contributed by atoms with van der Waals surface area (Å²) in [6, 6.07) is 2.80. The minimum Gasteiger partial charge on any atom is -0.339 e. The number of hydrogen-bond acceptors (Lipinski definition) is 2. The van der Waals surface area contributed by atoms with Crippen molar-refractivity contribution in [3.63, 3.8) is 0 Å². The number of aromatic nitrogens is 1. The van der Waals surface area contributed by atoms with Crippen LogP contribution in [0.2, 0.25) is 0 Å². The van der Waals surface area contributed by atoms with E-state index in [2.05, 4.69) is 18.8 Å². The lowest BCUT2D eigenvalue weighted by Gasteiger charge is -2.21. The van der Waals surface area contributed by atoms with Crippen LogP contribution in [0, 0.1) is 17.8 Å². The molecule has 0 spiro atoms. The van der Waals surface area contributed by atoms with Gasteiger partial charge in [0.25, 0.3) is 5.91 Å². The van der Waals surface area contributed by atoms with E-state index in [0.29, 0.717) is 17.4 Å². The largest absolute Gasteiger partial charge is 0.339 e. The van der Waals surface area contributed by atoms with E-state index < -0.39 is 5.95 Å². The van der Waals surface area contributed by atoms with Crippen LogP contribution in [0.5, 0.6) is 0 Å². The van der Waals surface area contributed by atoms with Crippen molar-refractivity contribution >= 4 is 5.91 Å². The molecule has 1 aromatic rings. The highest BCUT2D eigenvalue weighted by Gasteiger charge is 2.23. The van der Waals surface area contributed by atoms with E-state index in [9.17, 15) is 9.18 Å². The predicted molar refractivity (Wildman–Crippen MR) is 72.3 cm³/mol. The van der Waals surface area contributed by atoms with E-state index in [0.717, 1.165) is 25.9 Å². The summed E-state index contributed by atoms with van der Waals surface area (Å²) in [5.74, 6) is 0.673. The van der Waals surface area contributed by atoms with E-state index in [4.69, 9.17) is 0 Å². The van der Waals surface area contributed by atoms with Gasteiger partial charge in [0.15, 0.2) is 0 Å². The third kappa shape index (κ3) is 3.52. The van der Waals surface area contributed by atoms with Gasteiger partial charge in [-0.05, 0) is 37.2 Å². The molecule has 2 heterocycles. The maximum atomic E-state index is 13.1. The summed E-state index contributed by atoms with van der Waals surface area (Å²) < 4.78 is 13.1. The van der Waals surface area contributed by atoms with Gasteiger partial charge in [0.2, 0.25) is 5.95 Å². The molecule has 1 amide bonds. The van der Waals surface area contributed by atoms with Gasteiger partial charge >= 0.3 is 0 Å². The topological polar surface area (TPSA) is 33.2 Å². The van der Waals surface area contributed by atoms with E-state index in [-0.39, 0.29) is 5.91 Å². The molecule has 0 N–H and O–H groups in total. The van der Waals surface area contributed by atoms with Crippen molar-refractivity contribution in [2.24, 2.45) is 11.8 Å². The van der Waals surface area contributed by atoms with Crippen LogP contribution in [0.25, 0.3) is 0 Å². The second-order valence-electron chi connectivity index (χ2n) is 5.59. The van der Waals surface area contributed by atoms with Crippen LogP contribution in [0.1, 0.15) is 43.5 Å². The second-order valence-corrected chi connectivity index (χ2v) is 5.59. The summed E-state index contributed by atoms with van der Waals surface area (Å²) in [5.41, 5.74) is 0.399. The number of halogens is 1. The van der Waals surface area contributed by atoms with Gasteiger partial charge in [0.05, 0.1) is 0 Å². The fourth-order valence-electron chi connectivity index (χ4n) is 2.71. The first kappa shape index (κ1) is 14.0. The third-order valence-corrected chi connectivity index (χ3v) is 3.98. The molecule has 0 bridgehead atoms. The highest BCUT2D eigenvalue weighted by Crippen LogP contribution is 2.25. The first-order chi connectivity index (χ1) is 9.08. The maximum Gasteiger partial charge on any atom is 0.254 e. The smallest absolute Gasteiger partial charge is 0.254 e. The molecule has 1 fully saturated rings. The van der Waals surface area contributed by atoms with Crippen molar-refractivity contribution in [1.29, 1.82) is 0 Å². The number of nitrogens with zero attached hydrogens (tertiary/aromatic N) is 2. The van der Waals surface area contributed by atoms with Crippen LogP contribution in [-0.2, 0) is 0 Å². The number of hydrogen-bond donors (Lipinski definition) is 0. The Labute approximate surface area is 113 Å². The van der Waals surface area contributed by atoms with Crippen molar-refractivity contribution in [1.82, 2.24) is 9.88 Å². The van der Waals surface area contributed by atoms with E-state index in [1.165, 1.54) is 18.7 Å². The Kier molecular flexibility index (Phi) is 4.51. The van der Waals surface area contributed by atoms with Crippen molar-refractivity contribution in [2.75, 3.05) is 13.1 Å². The number of amides is 1. The molecule has 0 radical (unpaired) electrons. The standard InChI is InChI=1S/C15H21FN2O/c1-11(2)12-4-3-8-18(9-6-12)15(19)13-5-7-17-14(16)10-13/h5,7,10-12H,3-4,6,8-9H2,1-2H3. The molecule has 4 heteroatoms. The molecule has 1 aromatic heterocycles. The van der Waals surface area contributed by atoms with Crippen LogP contribution in [0.4, 0.5) is 4.39 Å². The SMILES string of the molecule is CC(C)C1CCCN(C(=O)c2ccnc(F)c2)CC1. The van der Waals surface area contributed by atoms with Gasteiger partial charge in [-0.1, -0.05) is 13.8 Å². The molecular formula is C15H21FN2O. The summed E-state index contributed by atoms with van der Waals surface area (Å²) in [4.78, 5) is 17.6. The molecule has 0 saturated carbocycles. The van der Waals surface area contributed by atoms with Gasteiger partial charge in [0.1, 0.15) is 0 Å². The molecule has 1 aliphatic heterocycles. The van der Waals surface area contributed by atoms with E-state index in [1.54, 1.807) is 6.07 Å². The molecule has 3 nitrogen and oxygen atoms in total. The molecule has 0 aromatic carbocycles. The Morgan fingerprint density at radius 1 is 1.42 bits per heavy atom. The minimum absolute atomic E-state index is 0.0780. The van der Waals surface area contributed by atoms with E-state index in [1.807, 2.05) is 4.90 Å². The fourth-order valence-corrected chi connectivity index (χ4v) is 2.71. The number of likely N-dealkylation sites (tertiary alicyclic amines) is 1. The van der Waals surface area contributed by atoms with Crippen molar-refractivity contribution < 1.29 is 9.18 Å². The first-order valence-electron chi connectivity index (χ1n) is 6.98. The molecule has 1 saturated heterocycles. The normalized spacial score (nSPS) is 20.4. The zero-order valence-electron chi connectivity index (χ0n) is 11.6. The Hall–Kier alpha value is -1.45. The molecule has 1 atom stereocenters. The summed E-state index contributed by atoms with van der Waals surface area (Å²) >= 11 is 0. The predicted octanol–water partition coefficient (Wildman–Crippen LogP) is 3.12. The number of pyridine rings is 1. The summed E-state index contributed by atoms with van der Waals surface area (Å²) in [5, 5.41) is 0. The lowest BCUT2D eigenvalue weighted by molar-refractivity contribution is 0.0758. The molecule has 104 valence electrons. The number of rotatable bonds is 2. The molecule has 1 aliphatic rings. The maximum absolute atomic E-state index is 13.1. The van der Waals surface area contributed by atoms with Crippen LogP contribution in [0.15, 0.2) is 18.3 Å². The molecule has 2 rings (SSSR count). The van der Waals surface area contributed by atoms with E-state index >= 15 is 0 Å². The lowest BCUT2D eigenvalue weighted by Crippen LogP contribution is -2.32. The highest BCUT2D eigenvalue weighted by molar-refractivity contribution is 5.94. The van der Waals surface area contributed by atoms with Gasteiger partial charge < -0.3 is 4.90 Å². The van der Waals surface area contributed by atoms with Crippen LogP contribution >= 0.6 is 0 Å². The lowest BCUT2D eigenvalue weighted by atomic mass is 9.89. The highest BCUT2D eigenvalue weighted by atomic mass is 19.1. The van der Waals surface area contributed by atoms with Crippen molar-refractivity contribution in [3.8, 4) is 0 Å². The number of carbonyl (C=O) groups excluding carboxylic acids is 1. The van der Waals surface area contributed by atoms with Crippen molar-refractivity contribution in [3.05, 3.63) is 29.8 Å². The molecule has 19 heavy (non-hydrogen) atoms. The Morgan fingerprint density at radius 3 is 2.89 bits per heavy atom. The Bertz CT molecular complexity index is 448. The Morgan fingerprint density at radius 2 is 2.21 bits per heavy atom. The third-order valence-electron chi connectivity index (χ3n) is 3.98. The number of carbonyl (C=O) groups is 1. The van der Waals surface area contributed by atoms with Crippen LogP contribution in [0.3, 0.4) is 0 Å². The fraction of sp³-hybridized carbons (Fsp3) is 0.600. The zero-order valence-corrected chi connectivity index (χ0v) is 11.6. The van der Waals surface area contributed by atoms with Gasteiger partial charge in [-0.3, -0.25) is 4.79 Å². The van der Waals surface area contributed by atoms with Gasteiger partial charge in [-0.15, -0.1) is 0 Å². The minimum atomic E-state index is -0.597.